The van der Waals surface area contributed by atoms with Crippen LogP contribution in [0.2, 0.25) is 0 Å². The summed E-state index contributed by atoms with van der Waals surface area (Å²) in [6.45, 7) is 0.976. The highest BCUT2D eigenvalue weighted by atomic mass is 127. The maximum absolute atomic E-state index is 12.3. The molecule has 0 spiro atoms. The zero-order valence-electron chi connectivity index (χ0n) is 10.4. The van der Waals surface area contributed by atoms with E-state index >= 15 is 0 Å². The Morgan fingerprint density at radius 1 is 1.16 bits per heavy atom. The van der Waals surface area contributed by atoms with Gasteiger partial charge in [-0.2, -0.15) is 0 Å². The monoisotopic (exact) mass is 363 g/mol. The third-order valence-corrected chi connectivity index (χ3v) is 4.13. The van der Waals surface area contributed by atoms with Gasteiger partial charge in [-0.25, -0.2) is 0 Å². The molecule has 0 bridgehead atoms. The standard InChI is InChI=1S/C16H14INO/c17-14-4-1-11(2-5-14)9-16(19)13-3-6-15-12(10-13)7-8-18-15/h1-6,10,18H,7-9H2. The highest BCUT2D eigenvalue weighted by molar-refractivity contribution is 14.1. The van der Waals surface area contributed by atoms with E-state index in [1.807, 2.05) is 42.5 Å². The van der Waals surface area contributed by atoms with E-state index in [1.165, 1.54) is 14.8 Å². The number of Topliss-reactive ketones (excluding diaryl/α,β-unsaturated/α-hetero) is 1. The third kappa shape index (κ3) is 2.81. The van der Waals surface area contributed by atoms with E-state index in [0.717, 1.165) is 24.1 Å². The molecule has 0 amide bonds. The predicted octanol–water partition coefficient (Wildman–Crippen LogP) is 3.68. The lowest BCUT2D eigenvalue weighted by Gasteiger charge is -2.05. The topological polar surface area (TPSA) is 29.1 Å². The lowest BCUT2D eigenvalue weighted by Crippen LogP contribution is -2.04. The molecule has 0 aromatic heterocycles. The van der Waals surface area contributed by atoms with Gasteiger partial charge in [0.2, 0.25) is 0 Å². The SMILES string of the molecule is O=C(Cc1ccc(I)cc1)c1ccc2c(c1)CCN2. The van der Waals surface area contributed by atoms with Gasteiger partial charge in [0.15, 0.2) is 5.78 Å². The van der Waals surface area contributed by atoms with Crippen LogP contribution in [0.25, 0.3) is 0 Å². The smallest absolute Gasteiger partial charge is 0.167 e. The molecule has 0 saturated carbocycles. The molecule has 1 aliphatic rings. The predicted molar refractivity (Wildman–Crippen MR) is 85.8 cm³/mol. The Hall–Kier alpha value is -1.36. The first kappa shape index (κ1) is 12.7. The van der Waals surface area contributed by atoms with Crippen molar-refractivity contribution in [3.63, 3.8) is 0 Å². The van der Waals surface area contributed by atoms with Gasteiger partial charge >= 0.3 is 0 Å². The van der Waals surface area contributed by atoms with E-state index in [0.29, 0.717) is 6.42 Å². The molecule has 2 aromatic rings. The molecule has 19 heavy (non-hydrogen) atoms. The highest BCUT2D eigenvalue weighted by Gasteiger charge is 2.13. The maximum atomic E-state index is 12.3. The highest BCUT2D eigenvalue weighted by Crippen LogP contribution is 2.23. The van der Waals surface area contributed by atoms with Gasteiger partial charge in [-0.05, 0) is 70.5 Å². The molecule has 0 fully saturated rings. The second-order valence-electron chi connectivity index (χ2n) is 4.78. The number of carbonyl (C=O) groups excluding carboxylic acids is 1. The summed E-state index contributed by atoms with van der Waals surface area (Å²) in [7, 11) is 0. The second kappa shape index (κ2) is 5.33. The summed E-state index contributed by atoms with van der Waals surface area (Å²) in [5.41, 5.74) is 4.32. The summed E-state index contributed by atoms with van der Waals surface area (Å²) in [4.78, 5) is 12.3. The van der Waals surface area contributed by atoms with E-state index in [1.54, 1.807) is 0 Å². The fourth-order valence-electron chi connectivity index (χ4n) is 2.37. The molecule has 0 atom stereocenters. The summed E-state index contributed by atoms with van der Waals surface area (Å²) in [6.07, 6.45) is 1.49. The molecule has 3 heteroatoms. The lowest BCUT2D eigenvalue weighted by molar-refractivity contribution is 0.0993. The van der Waals surface area contributed by atoms with Gasteiger partial charge in [0.1, 0.15) is 0 Å². The van der Waals surface area contributed by atoms with Crippen LogP contribution in [0.15, 0.2) is 42.5 Å². The Morgan fingerprint density at radius 3 is 2.74 bits per heavy atom. The lowest BCUT2D eigenvalue weighted by atomic mass is 10.0. The number of carbonyl (C=O) groups is 1. The molecule has 1 heterocycles. The number of anilines is 1. The Balaban J connectivity index is 1.78. The van der Waals surface area contributed by atoms with Crippen molar-refractivity contribution in [3.05, 3.63) is 62.7 Å². The minimum absolute atomic E-state index is 0.191. The molecular formula is C16H14INO. The molecule has 3 rings (SSSR count). The molecular weight excluding hydrogens is 349 g/mol. The Kier molecular flexibility index (Phi) is 3.55. The van der Waals surface area contributed by atoms with Gasteiger partial charge in [-0.3, -0.25) is 4.79 Å². The molecule has 1 N–H and O–H groups in total. The minimum Gasteiger partial charge on any atom is -0.384 e. The summed E-state index contributed by atoms with van der Waals surface area (Å²) >= 11 is 2.27. The maximum Gasteiger partial charge on any atom is 0.167 e. The van der Waals surface area contributed by atoms with Crippen molar-refractivity contribution in [2.75, 3.05) is 11.9 Å². The number of halogens is 1. The van der Waals surface area contributed by atoms with Crippen molar-refractivity contribution >= 4 is 34.1 Å². The fourth-order valence-corrected chi connectivity index (χ4v) is 2.73. The minimum atomic E-state index is 0.191. The van der Waals surface area contributed by atoms with Crippen LogP contribution in [0, 0.1) is 3.57 Å². The largest absolute Gasteiger partial charge is 0.384 e. The number of hydrogen-bond acceptors (Lipinski definition) is 2. The number of nitrogens with one attached hydrogen (secondary N) is 1. The average molecular weight is 363 g/mol. The van der Waals surface area contributed by atoms with Crippen LogP contribution < -0.4 is 5.32 Å². The van der Waals surface area contributed by atoms with Gasteiger partial charge < -0.3 is 5.32 Å². The number of fused-ring (bicyclic) bond motifs is 1. The second-order valence-corrected chi connectivity index (χ2v) is 6.02. The van der Waals surface area contributed by atoms with Gasteiger partial charge in [0, 0.05) is 27.8 Å². The first-order chi connectivity index (χ1) is 9.22. The third-order valence-electron chi connectivity index (χ3n) is 3.41. The van der Waals surface area contributed by atoms with Crippen LogP contribution in [-0.2, 0) is 12.8 Å². The first-order valence-corrected chi connectivity index (χ1v) is 7.45. The van der Waals surface area contributed by atoms with Gasteiger partial charge in [-0.15, -0.1) is 0 Å². The van der Waals surface area contributed by atoms with Crippen molar-refractivity contribution in [2.45, 2.75) is 12.8 Å². The van der Waals surface area contributed by atoms with E-state index in [4.69, 9.17) is 0 Å². The molecule has 2 aromatic carbocycles. The summed E-state index contributed by atoms with van der Waals surface area (Å²) < 4.78 is 1.19. The molecule has 1 aliphatic heterocycles. The van der Waals surface area contributed by atoms with Crippen molar-refractivity contribution in [2.24, 2.45) is 0 Å². The summed E-state index contributed by atoms with van der Waals surface area (Å²) in [5, 5.41) is 3.31. The Bertz CT molecular complexity index is 619. The van der Waals surface area contributed by atoms with E-state index in [2.05, 4.69) is 27.9 Å². The van der Waals surface area contributed by atoms with Crippen LogP contribution in [0.1, 0.15) is 21.5 Å². The Morgan fingerprint density at radius 2 is 1.95 bits per heavy atom. The fraction of sp³-hybridized carbons (Fsp3) is 0.188. The Labute approximate surface area is 126 Å². The molecule has 0 saturated heterocycles. The number of benzene rings is 2. The van der Waals surface area contributed by atoms with E-state index in [9.17, 15) is 4.79 Å². The van der Waals surface area contributed by atoms with E-state index in [-0.39, 0.29) is 5.78 Å². The van der Waals surface area contributed by atoms with Crippen LogP contribution in [-0.4, -0.2) is 12.3 Å². The van der Waals surface area contributed by atoms with Crippen LogP contribution in [0.4, 0.5) is 5.69 Å². The average Bonchev–Trinajstić information content (AvgIpc) is 2.88. The normalized spacial score (nSPS) is 12.9. The van der Waals surface area contributed by atoms with E-state index < -0.39 is 0 Å². The van der Waals surface area contributed by atoms with Crippen LogP contribution in [0.3, 0.4) is 0 Å². The van der Waals surface area contributed by atoms with Crippen molar-refractivity contribution in [1.82, 2.24) is 0 Å². The summed E-state index contributed by atoms with van der Waals surface area (Å²) in [5.74, 6) is 0.191. The van der Waals surface area contributed by atoms with Gasteiger partial charge in [0.25, 0.3) is 0 Å². The van der Waals surface area contributed by atoms with Crippen molar-refractivity contribution in [3.8, 4) is 0 Å². The molecule has 2 nitrogen and oxygen atoms in total. The zero-order chi connectivity index (χ0) is 13.2. The molecule has 0 radical (unpaired) electrons. The van der Waals surface area contributed by atoms with Gasteiger partial charge in [0.05, 0.1) is 0 Å². The summed E-state index contributed by atoms with van der Waals surface area (Å²) in [6, 6.07) is 14.1. The molecule has 0 aliphatic carbocycles. The van der Waals surface area contributed by atoms with Crippen molar-refractivity contribution in [1.29, 1.82) is 0 Å². The quantitative estimate of drug-likeness (QED) is 0.666. The molecule has 96 valence electrons. The number of rotatable bonds is 3. The number of hydrogen-bond donors (Lipinski definition) is 1. The zero-order valence-corrected chi connectivity index (χ0v) is 12.6. The van der Waals surface area contributed by atoms with Gasteiger partial charge in [-0.1, -0.05) is 12.1 Å². The van der Waals surface area contributed by atoms with Crippen molar-refractivity contribution < 1.29 is 4.79 Å². The number of ketones is 1. The van der Waals surface area contributed by atoms with Crippen LogP contribution >= 0.6 is 22.6 Å². The molecule has 0 unspecified atom stereocenters. The first-order valence-electron chi connectivity index (χ1n) is 6.37. The van der Waals surface area contributed by atoms with Crippen LogP contribution in [0.5, 0.6) is 0 Å².